The maximum absolute atomic E-state index is 13.2. The Morgan fingerprint density at radius 2 is 2.18 bits per heavy atom. The summed E-state index contributed by atoms with van der Waals surface area (Å²) in [5.74, 6) is -0.475. The van der Waals surface area contributed by atoms with Crippen molar-refractivity contribution in [1.82, 2.24) is 4.90 Å². The van der Waals surface area contributed by atoms with Gasteiger partial charge in [-0.3, -0.25) is 4.79 Å². The van der Waals surface area contributed by atoms with Crippen molar-refractivity contribution in [2.75, 3.05) is 13.1 Å². The van der Waals surface area contributed by atoms with E-state index in [0.29, 0.717) is 10.0 Å². The van der Waals surface area contributed by atoms with Gasteiger partial charge in [-0.25, -0.2) is 4.39 Å². The van der Waals surface area contributed by atoms with E-state index in [9.17, 15) is 9.18 Å². The quantitative estimate of drug-likeness (QED) is 0.778. The van der Waals surface area contributed by atoms with Gasteiger partial charge in [0.05, 0.1) is 5.56 Å². The predicted octanol–water partition coefficient (Wildman–Crippen LogP) is 3.46. The van der Waals surface area contributed by atoms with Crippen LogP contribution in [0.4, 0.5) is 4.39 Å². The molecule has 1 aliphatic heterocycles. The van der Waals surface area contributed by atoms with E-state index in [2.05, 4.69) is 29.8 Å². The van der Waals surface area contributed by atoms with E-state index in [4.69, 9.17) is 0 Å². The van der Waals surface area contributed by atoms with Crippen LogP contribution in [0.5, 0.6) is 0 Å². The molecule has 4 heteroatoms. The molecular formula is C13H15BrFNO. The van der Waals surface area contributed by atoms with Gasteiger partial charge in [0.25, 0.3) is 5.91 Å². The number of rotatable bonds is 1. The summed E-state index contributed by atoms with van der Waals surface area (Å²) < 4.78 is 13.8. The van der Waals surface area contributed by atoms with E-state index >= 15 is 0 Å². The molecule has 1 aliphatic rings. The van der Waals surface area contributed by atoms with Crippen molar-refractivity contribution in [3.63, 3.8) is 0 Å². The topological polar surface area (TPSA) is 20.3 Å². The van der Waals surface area contributed by atoms with Crippen LogP contribution >= 0.6 is 15.9 Å². The Morgan fingerprint density at radius 3 is 2.76 bits per heavy atom. The summed E-state index contributed by atoms with van der Waals surface area (Å²) >= 11 is 3.29. The molecule has 92 valence electrons. The van der Waals surface area contributed by atoms with E-state index in [-0.39, 0.29) is 17.1 Å². The van der Waals surface area contributed by atoms with Gasteiger partial charge in [0.2, 0.25) is 0 Å². The highest BCUT2D eigenvalue weighted by molar-refractivity contribution is 9.10. The molecule has 1 aromatic rings. The minimum Gasteiger partial charge on any atom is -0.338 e. The second-order valence-corrected chi connectivity index (χ2v) is 6.12. The summed E-state index contributed by atoms with van der Waals surface area (Å²) in [5.41, 5.74) is 0.567. The molecule has 1 heterocycles. The lowest BCUT2D eigenvalue weighted by Crippen LogP contribution is -2.30. The minimum atomic E-state index is -0.380. The lowest BCUT2D eigenvalue weighted by atomic mass is 9.93. The molecule has 1 saturated heterocycles. The van der Waals surface area contributed by atoms with Crippen LogP contribution in [0.25, 0.3) is 0 Å². The number of carbonyl (C=O) groups is 1. The van der Waals surface area contributed by atoms with Crippen LogP contribution in [-0.2, 0) is 0 Å². The molecule has 1 amide bonds. The van der Waals surface area contributed by atoms with Gasteiger partial charge in [0.15, 0.2) is 0 Å². The molecule has 2 nitrogen and oxygen atoms in total. The molecule has 0 atom stereocenters. The second-order valence-electron chi connectivity index (χ2n) is 5.27. The number of benzene rings is 1. The average molecular weight is 300 g/mol. The second kappa shape index (κ2) is 4.41. The van der Waals surface area contributed by atoms with Crippen LogP contribution in [0, 0.1) is 11.2 Å². The Morgan fingerprint density at radius 1 is 1.47 bits per heavy atom. The molecule has 1 fully saturated rings. The smallest absolute Gasteiger partial charge is 0.255 e. The number of amides is 1. The summed E-state index contributed by atoms with van der Waals surface area (Å²) in [6.45, 7) is 5.76. The maximum atomic E-state index is 13.2. The van der Waals surface area contributed by atoms with Crippen molar-refractivity contribution in [1.29, 1.82) is 0 Å². The largest absolute Gasteiger partial charge is 0.338 e. The first-order valence-corrected chi connectivity index (χ1v) is 6.43. The highest BCUT2D eigenvalue weighted by atomic mass is 79.9. The van der Waals surface area contributed by atoms with Gasteiger partial charge in [0.1, 0.15) is 5.82 Å². The predicted molar refractivity (Wildman–Crippen MR) is 68.4 cm³/mol. The number of carbonyl (C=O) groups excluding carboxylic acids is 1. The van der Waals surface area contributed by atoms with Gasteiger partial charge in [-0.2, -0.15) is 0 Å². The fourth-order valence-corrected chi connectivity index (χ4v) is 2.53. The van der Waals surface area contributed by atoms with Crippen molar-refractivity contribution < 1.29 is 9.18 Å². The van der Waals surface area contributed by atoms with Gasteiger partial charge in [-0.15, -0.1) is 0 Å². The van der Waals surface area contributed by atoms with E-state index < -0.39 is 0 Å². The molecule has 0 radical (unpaired) electrons. The zero-order chi connectivity index (χ0) is 12.6. The van der Waals surface area contributed by atoms with Crippen molar-refractivity contribution in [2.45, 2.75) is 20.3 Å². The van der Waals surface area contributed by atoms with Crippen LogP contribution in [0.3, 0.4) is 0 Å². The number of nitrogens with zero attached hydrogens (tertiary/aromatic N) is 1. The van der Waals surface area contributed by atoms with Gasteiger partial charge in [-0.05, 0) is 46.0 Å². The summed E-state index contributed by atoms with van der Waals surface area (Å²) in [7, 11) is 0. The first-order valence-electron chi connectivity index (χ1n) is 5.63. The van der Waals surface area contributed by atoms with Crippen molar-refractivity contribution in [3.8, 4) is 0 Å². The standard InChI is InChI=1S/C13H15BrFNO/c1-13(2)5-6-16(8-13)12(17)10-7-9(15)3-4-11(10)14/h3-4,7H,5-6,8H2,1-2H3. The molecular weight excluding hydrogens is 285 g/mol. The number of halogens is 2. The summed E-state index contributed by atoms with van der Waals surface area (Å²) in [6, 6.07) is 4.20. The van der Waals surface area contributed by atoms with E-state index in [0.717, 1.165) is 19.5 Å². The molecule has 0 spiro atoms. The van der Waals surface area contributed by atoms with Gasteiger partial charge >= 0.3 is 0 Å². The third-order valence-electron chi connectivity index (χ3n) is 3.12. The molecule has 2 rings (SSSR count). The Kier molecular flexibility index (Phi) is 3.25. The van der Waals surface area contributed by atoms with E-state index in [1.54, 1.807) is 11.0 Å². The van der Waals surface area contributed by atoms with Crippen LogP contribution in [0.15, 0.2) is 22.7 Å². The number of hydrogen-bond acceptors (Lipinski definition) is 1. The normalized spacial score (nSPS) is 18.5. The molecule has 1 aromatic carbocycles. The lowest BCUT2D eigenvalue weighted by molar-refractivity contribution is 0.0777. The Bertz CT molecular complexity index is 459. The molecule has 0 aromatic heterocycles. The molecule has 17 heavy (non-hydrogen) atoms. The fourth-order valence-electron chi connectivity index (χ4n) is 2.12. The summed E-state index contributed by atoms with van der Waals surface area (Å²) in [4.78, 5) is 14.0. The van der Waals surface area contributed by atoms with Crippen LogP contribution in [0.2, 0.25) is 0 Å². The highest BCUT2D eigenvalue weighted by Crippen LogP contribution is 2.31. The highest BCUT2D eigenvalue weighted by Gasteiger charge is 2.33. The molecule has 0 bridgehead atoms. The fraction of sp³-hybridized carbons (Fsp3) is 0.462. The van der Waals surface area contributed by atoms with Crippen LogP contribution in [0.1, 0.15) is 30.6 Å². The van der Waals surface area contributed by atoms with E-state index in [1.165, 1.54) is 12.1 Å². The van der Waals surface area contributed by atoms with Crippen LogP contribution < -0.4 is 0 Å². The molecule has 0 unspecified atom stereocenters. The first-order chi connectivity index (χ1) is 7.89. The lowest BCUT2D eigenvalue weighted by Gasteiger charge is -2.20. The average Bonchev–Trinajstić information content (AvgIpc) is 2.61. The van der Waals surface area contributed by atoms with Crippen LogP contribution in [-0.4, -0.2) is 23.9 Å². The van der Waals surface area contributed by atoms with Gasteiger partial charge < -0.3 is 4.90 Å². The van der Waals surface area contributed by atoms with E-state index in [1.807, 2.05) is 0 Å². The minimum absolute atomic E-state index is 0.0954. The monoisotopic (exact) mass is 299 g/mol. The van der Waals surface area contributed by atoms with Gasteiger partial charge in [0, 0.05) is 17.6 Å². The SMILES string of the molecule is CC1(C)CCN(C(=O)c2cc(F)ccc2Br)C1. The summed E-state index contributed by atoms with van der Waals surface area (Å²) in [6.07, 6.45) is 0.992. The number of hydrogen-bond donors (Lipinski definition) is 0. The Hall–Kier alpha value is -0.900. The first kappa shape index (κ1) is 12.6. The third-order valence-corrected chi connectivity index (χ3v) is 3.81. The maximum Gasteiger partial charge on any atom is 0.255 e. The van der Waals surface area contributed by atoms with Gasteiger partial charge in [-0.1, -0.05) is 13.8 Å². The Balaban J connectivity index is 2.23. The van der Waals surface area contributed by atoms with Crippen molar-refractivity contribution >= 4 is 21.8 Å². The summed E-state index contributed by atoms with van der Waals surface area (Å²) in [5, 5.41) is 0. The Labute approximate surface area is 109 Å². The van der Waals surface area contributed by atoms with Crippen molar-refractivity contribution in [3.05, 3.63) is 34.1 Å². The third kappa shape index (κ3) is 2.68. The number of likely N-dealkylation sites (tertiary alicyclic amines) is 1. The zero-order valence-corrected chi connectivity index (χ0v) is 11.6. The zero-order valence-electron chi connectivity index (χ0n) is 9.96. The molecule has 0 aliphatic carbocycles. The van der Waals surface area contributed by atoms with Crippen molar-refractivity contribution in [2.24, 2.45) is 5.41 Å². The molecule has 0 saturated carbocycles. The molecule has 0 N–H and O–H groups in total.